The number of hydrogen-bond donors (Lipinski definition) is 1. The lowest BCUT2D eigenvalue weighted by atomic mass is 9.89. The van der Waals surface area contributed by atoms with Gasteiger partial charge in [-0.3, -0.25) is 0 Å². The Morgan fingerprint density at radius 1 is 1.41 bits per heavy atom. The molecule has 0 aromatic heterocycles. The van der Waals surface area contributed by atoms with Crippen LogP contribution in [0.15, 0.2) is 18.2 Å². The molecule has 0 spiro atoms. The molecule has 4 heteroatoms. The lowest BCUT2D eigenvalue weighted by Gasteiger charge is -2.31. The number of nitrogens with zero attached hydrogens (tertiary/aromatic N) is 1. The molecule has 0 atom stereocenters. The molecule has 0 aliphatic heterocycles. The van der Waals surface area contributed by atoms with E-state index < -0.39 is 0 Å². The van der Waals surface area contributed by atoms with Gasteiger partial charge < -0.3 is 10.6 Å². The van der Waals surface area contributed by atoms with Crippen LogP contribution in [0.3, 0.4) is 0 Å². The predicted octanol–water partition coefficient (Wildman–Crippen LogP) is 3.29. The zero-order chi connectivity index (χ0) is 13.1. The van der Waals surface area contributed by atoms with Crippen LogP contribution in [0.25, 0.3) is 0 Å². The van der Waals surface area contributed by atoms with Gasteiger partial charge in [0.05, 0.1) is 5.02 Å². The number of rotatable bonds is 5. The second kappa shape index (κ2) is 5.69. The molecule has 0 amide bonds. The molecule has 0 fully saturated rings. The molecular weight excluding hydrogens is 239 g/mol. The third kappa shape index (κ3) is 4.17. The number of halogens is 2. The fourth-order valence-electron chi connectivity index (χ4n) is 1.93. The van der Waals surface area contributed by atoms with Crippen molar-refractivity contribution in [2.75, 3.05) is 25.0 Å². The van der Waals surface area contributed by atoms with Crippen molar-refractivity contribution in [2.45, 2.75) is 20.3 Å². The molecule has 0 saturated heterocycles. The molecule has 0 aliphatic carbocycles. The van der Waals surface area contributed by atoms with Crippen LogP contribution in [0.4, 0.5) is 10.1 Å². The van der Waals surface area contributed by atoms with Crippen molar-refractivity contribution < 1.29 is 4.39 Å². The first-order valence-electron chi connectivity index (χ1n) is 5.72. The summed E-state index contributed by atoms with van der Waals surface area (Å²) in [5, 5.41) is 0.158. The van der Waals surface area contributed by atoms with Gasteiger partial charge in [0.15, 0.2) is 0 Å². The Morgan fingerprint density at radius 2 is 2.06 bits per heavy atom. The van der Waals surface area contributed by atoms with Crippen molar-refractivity contribution in [3.8, 4) is 0 Å². The van der Waals surface area contributed by atoms with E-state index in [9.17, 15) is 4.39 Å². The molecule has 2 nitrogen and oxygen atoms in total. The Morgan fingerprint density at radius 3 is 2.59 bits per heavy atom. The molecule has 2 N–H and O–H groups in total. The summed E-state index contributed by atoms with van der Waals surface area (Å²) in [4.78, 5) is 2.07. The summed E-state index contributed by atoms with van der Waals surface area (Å²) in [6.07, 6.45) is 0.951. The normalized spacial score (nSPS) is 11.6. The average Bonchev–Trinajstić information content (AvgIpc) is 2.21. The van der Waals surface area contributed by atoms with Crippen LogP contribution in [0.5, 0.6) is 0 Å². The van der Waals surface area contributed by atoms with E-state index in [1.807, 2.05) is 7.05 Å². The van der Waals surface area contributed by atoms with Gasteiger partial charge in [-0.25, -0.2) is 4.39 Å². The van der Waals surface area contributed by atoms with Gasteiger partial charge in [0.25, 0.3) is 0 Å². The van der Waals surface area contributed by atoms with E-state index in [1.54, 1.807) is 12.1 Å². The van der Waals surface area contributed by atoms with E-state index in [-0.39, 0.29) is 16.3 Å². The van der Waals surface area contributed by atoms with E-state index in [0.29, 0.717) is 6.54 Å². The zero-order valence-corrected chi connectivity index (χ0v) is 11.4. The molecule has 0 aliphatic rings. The molecule has 96 valence electrons. The van der Waals surface area contributed by atoms with Crippen LogP contribution in [-0.4, -0.2) is 20.1 Å². The minimum atomic E-state index is -0.384. The maximum atomic E-state index is 13.1. The smallest absolute Gasteiger partial charge is 0.141 e. The second-order valence-corrected chi connectivity index (χ2v) is 5.56. The molecule has 1 rings (SSSR count). The highest BCUT2D eigenvalue weighted by Crippen LogP contribution is 2.26. The van der Waals surface area contributed by atoms with E-state index in [1.165, 1.54) is 6.07 Å². The van der Waals surface area contributed by atoms with Crippen LogP contribution in [-0.2, 0) is 0 Å². The SMILES string of the molecule is CN(CC(C)(C)CCN)c1ccc(F)c(Cl)c1. The second-order valence-electron chi connectivity index (χ2n) is 5.16. The van der Waals surface area contributed by atoms with Crippen LogP contribution < -0.4 is 10.6 Å². The number of nitrogens with two attached hydrogens (primary N) is 1. The Labute approximate surface area is 108 Å². The maximum Gasteiger partial charge on any atom is 0.141 e. The maximum absolute atomic E-state index is 13.1. The standard InChI is InChI=1S/C13H20ClFN2/c1-13(2,6-7-16)9-17(3)10-4-5-12(15)11(14)8-10/h4-5,8H,6-7,9,16H2,1-3H3. The summed E-state index contributed by atoms with van der Waals surface area (Å²) in [5.74, 6) is -0.384. The molecule has 0 radical (unpaired) electrons. The lowest BCUT2D eigenvalue weighted by molar-refractivity contribution is 0.347. The van der Waals surface area contributed by atoms with Crippen molar-refractivity contribution in [1.82, 2.24) is 0 Å². The van der Waals surface area contributed by atoms with Gasteiger partial charge in [0, 0.05) is 19.3 Å². The minimum absolute atomic E-state index is 0.129. The fraction of sp³-hybridized carbons (Fsp3) is 0.538. The Bertz CT molecular complexity index is 380. The van der Waals surface area contributed by atoms with E-state index in [4.69, 9.17) is 17.3 Å². The van der Waals surface area contributed by atoms with Crippen molar-refractivity contribution in [2.24, 2.45) is 11.1 Å². The van der Waals surface area contributed by atoms with Gasteiger partial charge in [0.1, 0.15) is 5.82 Å². The molecule has 0 unspecified atom stereocenters. The highest BCUT2D eigenvalue weighted by molar-refractivity contribution is 6.31. The van der Waals surface area contributed by atoms with Gasteiger partial charge in [0.2, 0.25) is 0 Å². The summed E-state index contributed by atoms with van der Waals surface area (Å²) < 4.78 is 13.1. The van der Waals surface area contributed by atoms with E-state index in [0.717, 1.165) is 18.7 Å². The number of benzene rings is 1. The minimum Gasteiger partial charge on any atom is -0.374 e. The first-order valence-corrected chi connectivity index (χ1v) is 6.10. The van der Waals surface area contributed by atoms with Gasteiger partial charge in [-0.15, -0.1) is 0 Å². The molecule has 0 saturated carbocycles. The molecule has 1 aromatic rings. The van der Waals surface area contributed by atoms with Gasteiger partial charge in [-0.2, -0.15) is 0 Å². The van der Waals surface area contributed by atoms with Crippen molar-refractivity contribution in [3.63, 3.8) is 0 Å². The summed E-state index contributed by atoms with van der Waals surface area (Å²) in [6, 6.07) is 4.78. The van der Waals surface area contributed by atoms with Crippen molar-refractivity contribution >= 4 is 17.3 Å². The van der Waals surface area contributed by atoms with E-state index in [2.05, 4.69) is 18.7 Å². The van der Waals surface area contributed by atoms with Gasteiger partial charge >= 0.3 is 0 Å². The van der Waals surface area contributed by atoms with E-state index >= 15 is 0 Å². The lowest BCUT2D eigenvalue weighted by Crippen LogP contribution is -2.32. The van der Waals surface area contributed by atoms with Crippen LogP contribution in [0.2, 0.25) is 5.02 Å². The summed E-state index contributed by atoms with van der Waals surface area (Å²) in [6.45, 7) is 5.86. The molecular formula is C13H20ClFN2. The topological polar surface area (TPSA) is 29.3 Å². The highest BCUT2D eigenvalue weighted by atomic mass is 35.5. The van der Waals surface area contributed by atoms with Crippen molar-refractivity contribution in [3.05, 3.63) is 29.0 Å². The molecule has 17 heavy (non-hydrogen) atoms. The zero-order valence-electron chi connectivity index (χ0n) is 10.6. The third-order valence-corrected chi connectivity index (χ3v) is 3.12. The summed E-state index contributed by atoms with van der Waals surface area (Å²) >= 11 is 5.77. The molecule has 0 heterocycles. The highest BCUT2D eigenvalue weighted by Gasteiger charge is 2.19. The summed E-state index contributed by atoms with van der Waals surface area (Å²) in [5.41, 5.74) is 6.63. The molecule has 0 bridgehead atoms. The monoisotopic (exact) mass is 258 g/mol. The Kier molecular flexibility index (Phi) is 4.78. The predicted molar refractivity (Wildman–Crippen MR) is 72.1 cm³/mol. The number of hydrogen-bond acceptors (Lipinski definition) is 2. The van der Waals surface area contributed by atoms with Gasteiger partial charge in [-0.1, -0.05) is 25.4 Å². The van der Waals surface area contributed by atoms with Crippen LogP contribution >= 0.6 is 11.6 Å². The molecule has 1 aromatic carbocycles. The van der Waals surface area contributed by atoms with Crippen LogP contribution in [0.1, 0.15) is 20.3 Å². The number of anilines is 1. The van der Waals surface area contributed by atoms with Gasteiger partial charge in [-0.05, 0) is 36.6 Å². The quantitative estimate of drug-likeness (QED) is 0.878. The first-order chi connectivity index (χ1) is 7.85. The fourth-order valence-corrected chi connectivity index (χ4v) is 2.10. The average molecular weight is 259 g/mol. The summed E-state index contributed by atoms with van der Waals surface area (Å²) in [7, 11) is 1.97. The Hall–Kier alpha value is -0.800. The third-order valence-electron chi connectivity index (χ3n) is 2.83. The first kappa shape index (κ1) is 14.3. The largest absolute Gasteiger partial charge is 0.374 e. The Balaban J connectivity index is 2.76. The van der Waals surface area contributed by atoms with Crippen molar-refractivity contribution in [1.29, 1.82) is 0 Å². The van der Waals surface area contributed by atoms with Crippen LogP contribution in [0, 0.1) is 11.2 Å².